The lowest BCUT2D eigenvalue weighted by molar-refractivity contribution is -0.123. The number of nitrogens with one attached hydrogen (secondary N) is 3. The van der Waals surface area contributed by atoms with Crippen LogP contribution in [0, 0.1) is 13.8 Å². The molecular weight excluding hydrogens is 462 g/mol. The second kappa shape index (κ2) is 11.2. The number of ether oxygens (including phenoxy) is 2. The van der Waals surface area contributed by atoms with Gasteiger partial charge < -0.3 is 29.8 Å². The van der Waals surface area contributed by atoms with E-state index in [1.165, 1.54) is 7.11 Å². The fraction of sp³-hybridized carbons (Fsp3) is 0.370. The Balaban J connectivity index is 1.47. The van der Waals surface area contributed by atoms with Crippen LogP contribution in [0.15, 0.2) is 40.8 Å². The summed E-state index contributed by atoms with van der Waals surface area (Å²) in [4.78, 5) is 38.7. The van der Waals surface area contributed by atoms with E-state index in [-0.39, 0.29) is 30.7 Å². The van der Waals surface area contributed by atoms with Gasteiger partial charge in [-0.3, -0.25) is 14.4 Å². The van der Waals surface area contributed by atoms with E-state index in [9.17, 15) is 14.4 Å². The summed E-state index contributed by atoms with van der Waals surface area (Å²) in [5, 5.41) is 9.41. The van der Waals surface area contributed by atoms with Crippen molar-refractivity contribution in [3.05, 3.63) is 58.8 Å². The summed E-state index contributed by atoms with van der Waals surface area (Å²) in [5.41, 5.74) is 2.80. The molecule has 0 saturated heterocycles. The molecule has 0 unspecified atom stereocenters. The molecule has 36 heavy (non-hydrogen) atoms. The van der Waals surface area contributed by atoms with Crippen LogP contribution >= 0.6 is 0 Å². The van der Waals surface area contributed by atoms with Crippen LogP contribution in [0.1, 0.15) is 51.3 Å². The van der Waals surface area contributed by atoms with Gasteiger partial charge in [-0.1, -0.05) is 12.1 Å². The number of carbonyl (C=O) groups excluding carboxylic acids is 3. The van der Waals surface area contributed by atoms with Gasteiger partial charge in [-0.15, -0.1) is 0 Å². The molecule has 3 N–H and O–H groups in total. The van der Waals surface area contributed by atoms with Gasteiger partial charge in [0.15, 0.2) is 5.76 Å². The first-order valence-corrected chi connectivity index (χ1v) is 12.0. The Bertz CT molecular complexity index is 1280. The summed E-state index contributed by atoms with van der Waals surface area (Å²) < 4.78 is 16.8. The first-order valence-electron chi connectivity index (χ1n) is 12.0. The Morgan fingerprint density at radius 3 is 2.69 bits per heavy atom. The molecule has 9 heteroatoms. The topological polar surface area (TPSA) is 119 Å². The molecule has 2 heterocycles. The van der Waals surface area contributed by atoms with Crippen molar-refractivity contribution in [2.45, 2.75) is 39.2 Å². The molecule has 4 rings (SSSR count). The van der Waals surface area contributed by atoms with Gasteiger partial charge in [-0.2, -0.15) is 0 Å². The monoisotopic (exact) mass is 493 g/mol. The minimum absolute atomic E-state index is 0.141. The summed E-state index contributed by atoms with van der Waals surface area (Å²) in [6.07, 6.45) is 1.68. The number of rotatable bonds is 3. The number of carbonyl (C=O) groups is 3. The molecule has 0 radical (unpaired) electrons. The van der Waals surface area contributed by atoms with Gasteiger partial charge in [-0.05, 0) is 56.9 Å². The smallest absolute Gasteiger partial charge is 0.287 e. The summed E-state index contributed by atoms with van der Waals surface area (Å²) >= 11 is 0. The number of hydrogen-bond donors (Lipinski definition) is 3. The third-order valence-corrected chi connectivity index (χ3v) is 6.22. The van der Waals surface area contributed by atoms with Gasteiger partial charge in [0.1, 0.15) is 29.7 Å². The van der Waals surface area contributed by atoms with E-state index in [0.29, 0.717) is 48.5 Å². The van der Waals surface area contributed by atoms with Crippen LogP contribution in [0.25, 0.3) is 11.0 Å². The number of furan rings is 1. The Morgan fingerprint density at radius 1 is 1.06 bits per heavy atom. The predicted molar refractivity (Wildman–Crippen MR) is 135 cm³/mol. The normalized spacial score (nSPS) is 17.2. The Kier molecular flexibility index (Phi) is 7.77. The molecule has 0 aliphatic carbocycles. The van der Waals surface area contributed by atoms with Crippen LogP contribution in [-0.2, 0) is 4.79 Å². The molecule has 3 amide bonds. The average Bonchev–Trinajstić information content (AvgIpc) is 3.20. The van der Waals surface area contributed by atoms with E-state index in [2.05, 4.69) is 16.0 Å². The molecule has 1 aliphatic rings. The molecule has 1 aromatic heterocycles. The van der Waals surface area contributed by atoms with Crippen molar-refractivity contribution in [3.8, 4) is 11.5 Å². The van der Waals surface area contributed by atoms with E-state index in [1.807, 2.05) is 32.0 Å². The minimum atomic E-state index is -0.752. The van der Waals surface area contributed by atoms with Crippen LogP contribution in [0.3, 0.4) is 0 Å². The molecule has 0 spiro atoms. The highest BCUT2D eigenvalue weighted by atomic mass is 16.5. The molecule has 190 valence electrons. The van der Waals surface area contributed by atoms with E-state index < -0.39 is 11.9 Å². The number of methoxy groups -OCH3 is 1. The lowest BCUT2D eigenvalue weighted by atomic mass is 10.1. The number of fused-ring (bicyclic) bond motifs is 2. The van der Waals surface area contributed by atoms with Crippen molar-refractivity contribution < 1.29 is 28.3 Å². The molecule has 0 fully saturated rings. The zero-order valence-electron chi connectivity index (χ0n) is 20.7. The molecule has 0 saturated carbocycles. The SMILES string of the molecule is COc1ccc2c(c1)OCCNC(=O)[C@@H](NC(=O)c1oc3cc(C)ccc3c1C)CCCCNC2=O. The summed E-state index contributed by atoms with van der Waals surface area (Å²) in [7, 11) is 1.54. The number of benzene rings is 2. The fourth-order valence-corrected chi connectivity index (χ4v) is 4.21. The third-order valence-electron chi connectivity index (χ3n) is 6.22. The van der Waals surface area contributed by atoms with Crippen LogP contribution in [0.5, 0.6) is 11.5 Å². The fourth-order valence-electron chi connectivity index (χ4n) is 4.21. The minimum Gasteiger partial charge on any atom is -0.497 e. The number of aryl methyl sites for hydroxylation is 2. The highest BCUT2D eigenvalue weighted by Crippen LogP contribution is 2.27. The van der Waals surface area contributed by atoms with E-state index in [4.69, 9.17) is 13.9 Å². The van der Waals surface area contributed by atoms with E-state index >= 15 is 0 Å². The van der Waals surface area contributed by atoms with Crippen molar-refractivity contribution in [2.24, 2.45) is 0 Å². The van der Waals surface area contributed by atoms with Gasteiger partial charge in [0.05, 0.1) is 19.2 Å². The third kappa shape index (κ3) is 5.62. The van der Waals surface area contributed by atoms with Gasteiger partial charge in [0.25, 0.3) is 11.8 Å². The highest BCUT2D eigenvalue weighted by Gasteiger charge is 2.25. The first-order chi connectivity index (χ1) is 17.4. The van der Waals surface area contributed by atoms with Crippen molar-refractivity contribution in [1.29, 1.82) is 0 Å². The lowest BCUT2D eigenvalue weighted by Gasteiger charge is -2.19. The zero-order valence-corrected chi connectivity index (χ0v) is 20.7. The average molecular weight is 494 g/mol. The van der Waals surface area contributed by atoms with Crippen molar-refractivity contribution in [2.75, 3.05) is 26.8 Å². The van der Waals surface area contributed by atoms with Crippen LogP contribution < -0.4 is 25.4 Å². The van der Waals surface area contributed by atoms with Crippen LogP contribution in [0.4, 0.5) is 0 Å². The molecule has 3 aromatic rings. The molecule has 9 nitrogen and oxygen atoms in total. The molecule has 1 atom stereocenters. The molecular formula is C27H31N3O6. The van der Waals surface area contributed by atoms with Gasteiger partial charge in [0, 0.05) is 23.6 Å². The van der Waals surface area contributed by atoms with Gasteiger partial charge in [0.2, 0.25) is 5.91 Å². The predicted octanol–water partition coefficient (Wildman–Crippen LogP) is 3.27. The zero-order chi connectivity index (χ0) is 25.7. The number of amides is 3. The maximum Gasteiger partial charge on any atom is 0.287 e. The largest absolute Gasteiger partial charge is 0.497 e. The summed E-state index contributed by atoms with van der Waals surface area (Å²) in [5.74, 6) is 0.152. The van der Waals surface area contributed by atoms with Gasteiger partial charge >= 0.3 is 0 Å². The second-order valence-corrected chi connectivity index (χ2v) is 8.84. The van der Waals surface area contributed by atoms with E-state index in [1.54, 1.807) is 18.2 Å². The van der Waals surface area contributed by atoms with Crippen LogP contribution in [-0.4, -0.2) is 50.6 Å². The Labute approximate surface area is 209 Å². The van der Waals surface area contributed by atoms with Crippen LogP contribution in [0.2, 0.25) is 0 Å². The first kappa shape index (κ1) is 25.1. The molecule has 1 aliphatic heterocycles. The maximum absolute atomic E-state index is 13.1. The highest BCUT2D eigenvalue weighted by molar-refractivity contribution is 6.01. The molecule has 0 bridgehead atoms. The molecule has 2 aromatic carbocycles. The second-order valence-electron chi connectivity index (χ2n) is 8.84. The number of hydrogen-bond acceptors (Lipinski definition) is 6. The Morgan fingerprint density at radius 2 is 1.89 bits per heavy atom. The standard InChI is InChI=1S/C27H31N3O6/c1-16-7-9-19-17(2)24(36-23(19)14-16)27(33)30-21-6-4-5-11-28-25(31)20-10-8-18(34-3)15-22(20)35-13-12-29-26(21)32/h7-10,14-15,21H,4-6,11-13H2,1-3H3,(H,28,31)(H,29,32)(H,30,33)/t21-/m0/s1. The maximum atomic E-state index is 13.1. The Hall–Kier alpha value is -4.01. The van der Waals surface area contributed by atoms with Crippen molar-refractivity contribution in [1.82, 2.24) is 16.0 Å². The summed E-state index contributed by atoms with van der Waals surface area (Å²) in [6.45, 7) is 4.55. The quantitative estimate of drug-likeness (QED) is 0.515. The lowest BCUT2D eigenvalue weighted by Crippen LogP contribution is -2.47. The summed E-state index contributed by atoms with van der Waals surface area (Å²) in [6, 6.07) is 10.0. The van der Waals surface area contributed by atoms with Crippen molar-refractivity contribution >= 4 is 28.7 Å². The van der Waals surface area contributed by atoms with E-state index in [0.717, 1.165) is 16.5 Å². The van der Waals surface area contributed by atoms with Gasteiger partial charge in [-0.25, -0.2) is 0 Å². The van der Waals surface area contributed by atoms with Crippen molar-refractivity contribution in [3.63, 3.8) is 0 Å².